The summed E-state index contributed by atoms with van der Waals surface area (Å²) in [5.74, 6) is -0.0138. The highest BCUT2D eigenvalue weighted by Crippen LogP contribution is 2.43. The summed E-state index contributed by atoms with van der Waals surface area (Å²) in [5, 5.41) is 4.00. The van der Waals surface area contributed by atoms with E-state index in [1.54, 1.807) is 0 Å². The molecule has 0 bridgehead atoms. The predicted molar refractivity (Wildman–Crippen MR) is 116 cm³/mol. The van der Waals surface area contributed by atoms with Gasteiger partial charge in [0.1, 0.15) is 18.1 Å². The van der Waals surface area contributed by atoms with E-state index in [1.807, 2.05) is 4.90 Å². The van der Waals surface area contributed by atoms with E-state index < -0.39 is 30.3 Å². The Morgan fingerprint density at radius 2 is 1.92 bits per heavy atom. The van der Waals surface area contributed by atoms with Crippen LogP contribution < -0.4 is 14.5 Å². The summed E-state index contributed by atoms with van der Waals surface area (Å²) >= 11 is 0. The molecule has 2 saturated heterocycles. The van der Waals surface area contributed by atoms with E-state index in [-0.39, 0.29) is 41.9 Å². The average Bonchev–Trinajstić information content (AvgIpc) is 3.35. The molecule has 0 aliphatic carbocycles. The topological polar surface area (TPSA) is 102 Å². The van der Waals surface area contributed by atoms with Gasteiger partial charge in [-0.3, -0.25) is 9.69 Å². The van der Waals surface area contributed by atoms with Crippen LogP contribution in [0.25, 0.3) is 11.2 Å². The highest BCUT2D eigenvalue weighted by molar-refractivity contribution is 5.94. The number of carbonyl (C=O) groups is 1. The third-order valence-corrected chi connectivity index (χ3v) is 6.55. The van der Waals surface area contributed by atoms with Gasteiger partial charge in [-0.25, -0.2) is 33.4 Å². The zero-order chi connectivity index (χ0) is 25.7. The number of hydrogen-bond acceptors (Lipinski definition) is 8. The summed E-state index contributed by atoms with van der Waals surface area (Å²) in [5.41, 5.74) is -1.10. The lowest BCUT2D eigenvalue weighted by molar-refractivity contribution is -0.141. The van der Waals surface area contributed by atoms with Gasteiger partial charge in [-0.05, 0) is 18.9 Å². The Hall–Kier alpha value is -3.65. The Balaban J connectivity index is 1.32. The molecule has 10 nitrogen and oxygen atoms in total. The van der Waals surface area contributed by atoms with Crippen LogP contribution in [-0.4, -0.2) is 68.8 Å². The fourth-order valence-corrected chi connectivity index (χ4v) is 4.71. The first-order chi connectivity index (χ1) is 17.1. The van der Waals surface area contributed by atoms with Crippen LogP contribution in [0.3, 0.4) is 0 Å². The highest BCUT2D eigenvalue weighted by Gasteiger charge is 2.47. The maximum absolute atomic E-state index is 13.1. The number of anilines is 2. The molecule has 36 heavy (non-hydrogen) atoms. The van der Waals surface area contributed by atoms with Gasteiger partial charge in [0.05, 0.1) is 13.3 Å². The lowest BCUT2D eigenvalue weighted by Crippen LogP contribution is -2.42. The molecule has 0 N–H and O–H groups in total. The average molecular weight is 512 g/mol. The number of carbonyl (C=O) groups excluding carboxylic acids is 1. The van der Waals surface area contributed by atoms with E-state index in [2.05, 4.69) is 25.0 Å². The Bertz CT molecular complexity index is 1290. The minimum atomic E-state index is -4.64. The minimum Gasteiger partial charge on any atom is -0.478 e. The number of methoxy groups -OCH3 is 1. The summed E-state index contributed by atoms with van der Waals surface area (Å²) in [6.45, 7) is 0.538. The molecule has 0 radical (unpaired) electrons. The molecule has 2 aliphatic rings. The van der Waals surface area contributed by atoms with E-state index in [9.17, 15) is 26.7 Å². The lowest BCUT2D eigenvalue weighted by Gasteiger charge is -2.39. The van der Waals surface area contributed by atoms with Gasteiger partial charge in [0.2, 0.25) is 11.9 Å². The Morgan fingerprint density at radius 1 is 1.17 bits per heavy atom. The summed E-state index contributed by atoms with van der Waals surface area (Å²) < 4.78 is 71.3. The first-order valence-electron chi connectivity index (χ1n) is 11.1. The maximum atomic E-state index is 13.1. The van der Waals surface area contributed by atoms with E-state index in [0.29, 0.717) is 31.7 Å². The number of hydrogen-bond donors (Lipinski definition) is 0. The molecule has 5 heterocycles. The molecule has 3 aromatic rings. The second-order valence-electron chi connectivity index (χ2n) is 8.87. The molecule has 2 fully saturated rings. The zero-order valence-corrected chi connectivity index (χ0v) is 19.0. The Kier molecular flexibility index (Phi) is 5.87. The van der Waals surface area contributed by atoms with Gasteiger partial charge >= 0.3 is 6.18 Å². The zero-order valence-electron chi connectivity index (χ0n) is 19.0. The van der Waals surface area contributed by atoms with Gasteiger partial charge in [-0.2, -0.15) is 13.2 Å². The van der Waals surface area contributed by atoms with Gasteiger partial charge in [0.15, 0.2) is 11.2 Å². The summed E-state index contributed by atoms with van der Waals surface area (Å²) in [7, 11) is 1.37. The molecule has 5 rings (SSSR count). The van der Waals surface area contributed by atoms with Gasteiger partial charge < -0.3 is 9.64 Å². The minimum absolute atomic E-state index is 0.101. The number of piperidine rings is 1. The number of halogens is 5. The molecule has 192 valence electrons. The number of alkyl halides is 5. The lowest BCUT2D eigenvalue weighted by atomic mass is 9.77. The first kappa shape index (κ1) is 24.1. The number of nitrogens with zero attached hydrogens (tertiary/aromatic N) is 8. The summed E-state index contributed by atoms with van der Waals surface area (Å²) in [4.78, 5) is 32.1. The van der Waals surface area contributed by atoms with Crippen molar-refractivity contribution in [3.05, 3.63) is 24.2 Å². The normalized spacial score (nSPS) is 18.1. The van der Waals surface area contributed by atoms with Crippen LogP contribution in [0.5, 0.6) is 5.88 Å². The van der Waals surface area contributed by atoms with Crippen molar-refractivity contribution < 1.29 is 31.5 Å². The Morgan fingerprint density at radius 3 is 2.58 bits per heavy atom. The van der Waals surface area contributed by atoms with Crippen molar-refractivity contribution in [3.8, 4) is 5.88 Å². The van der Waals surface area contributed by atoms with Crippen molar-refractivity contribution in [1.82, 2.24) is 29.7 Å². The number of fused-ring (bicyclic) bond motifs is 1. The predicted octanol–water partition coefficient (Wildman–Crippen LogP) is 2.93. The van der Waals surface area contributed by atoms with Crippen molar-refractivity contribution in [2.45, 2.75) is 38.4 Å². The fraction of sp³-hybridized carbons (Fsp3) is 0.524. The monoisotopic (exact) mass is 512 g/mol. The largest absolute Gasteiger partial charge is 0.478 e. The SMILES string of the molecule is COc1nn(CC(F)F)c2nc(N3CCC4(CC3)CC(=O)N(c3nccc(C(F)(F)F)n3)C4)cnc12. The quantitative estimate of drug-likeness (QED) is 0.481. The van der Waals surface area contributed by atoms with E-state index in [4.69, 9.17) is 4.74 Å². The van der Waals surface area contributed by atoms with Crippen LogP contribution in [-0.2, 0) is 17.5 Å². The fourth-order valence-electron chi connectivity index (χ4n) is 4.71. The van der Waals surface area contributed by atoms with Crippen molar-refractivity contribution in [1.29, 1.82) is 0 Å². The molecule has 0 saturated carbocycles. The third-order valence-electron chi connectivity index (χ3n) is 6.55. The van der Waals surface area contributed by atoms with Crippen molar-refractivity contribution in [2.75, 3.05) is 36.5 Å². The van der Waals surface area contributed by atoms with E-state index >= 15 is 0 Å². The van der Waals surface area contributed by atoms with E-state index in [1.165, 1.54) is 18.2 Å². The Labute approximate surface area is 201 Å². The first-order valence-corrected chi connectivity index (χ1v) is 11.1. The summed E-state index contributed by atoms with van der Waals surface area (Å²) in [6.07, 6.45) is -3.47. The standard InChI is InChI=1S/C21H21F5N8O2/c1-36-18-16-17(34(31-18)10-13(22)23)30-14(9-28-16)32-6-3-20(4-7-32)8-15(35)33(11-20)19-27-5-2-12(29-19)21(24,25)26/h2,5,9,13H,3-4,6-8,10-11H2,1H3. The summed E-state index contributed by atoms with van der Waals surface area (Å²) in [6, 6.07) is 0.763. The molecule has 3 aromatic heterocycles. The second kappa shape index (κ2) is 8.78. The van der Waals surface area contributed by atoms with Crippen LogP contribution in [0, 0.1) is 5.41 Å². The van der Waals surface area contributed by atoms with E-state index in [0.717, 1.165) is 16.9 Å². The second-order valence-corrected chi connectivity index (χ2v) is 8.87. The third kappa shape index (κ3) is 4.37. The number of ether oxygens (including phenoxy) is 1. The van der Waals surface area contributed by atoms with Crippen LogP contribution in [0.4, 0.5) is 33.7 Å². The molecular formula is C21H21F5N8O2. The molecule has 2 aliphatic heterocycles. The molecular weight excluding hydrogens is 491 g/mol. The van der Waals surface area contributed by atoms with Crippen LogP contribution in [0.15, 0.2) is 18.5 Å². The molecule has 15 heteroatoms. The molecule has 1 spiro atoms. The maximum Gasteiger partial charge on any atom is 0.433 e. The van der Waals surface area contributed by atoms with Gasteiger partial charge in [0, 0.05) is 37.7 Å². The van der Waals surface area contributed by atoms with Gasteiger partial charge in [0.25, 0.3) is 12.3 Å². The van der Waals surface area contributed by atoms with Crippen LogP contribution >= 0.6 is 0 Å². The molecule has 0 aromatic carbocycles. The van der Waals surface area contributed by atoms with Crippen LogP contribution in [0.1, 0.15) is 25.0 Å². The molecule has 1 amide bonds. The molecule has 0 unspecified atom stereocenters. The number of aromatic nitrogens is 6. The van der Waals surface area contributed by atoms with Crippen LogP contribution in [0.2, 0.25) is 0 Å². The van der Waals surface area contributed by atoms with Gasteiger partial charge in [-0.1, -0.05) is 0 Å². The van der Waals surface area contributed by atoms with Crippen molar-refractivity contribution in [2.24, 2.45) is 5.41 Å². The van der Waals surface area contributed by atoms with Crippen molar-refractivity contribution in [3.63, 3.8) is 0 Å². The number of rotatable bonds is 5. The number of amides is 1. The smallest absolute Gasteiger partial charge is 0.433 e. The van der Waals surface area contributed by atoms with Crippen molar-refractivity contribution >= 4 is 28.8 Å². The highest BCUT2D eigenvalue weighted by atomic mass is 19.4. The van der Waals surface area contributed by atoms with Gasteiger partial charge in [-0.15, -0.1) is 5.10 Å². The molecule has 0 atom stereocenters.